The summed E-state index contributed by atoms with van der Waals surface area (Å²) in [6.07, 6.45) is 8.39. The Labute approximate surface area is 89.3 Å². The molecule has 4 heteroatoms. The Balaban J connectivity index is 1.75. The molecule has 1 fully saturated rings. The molecule has 0 saturated heterocycles. The highest BCUT2D eigenvalue weighted by atomic mass is 16.6. The minimum absolute atomic E-state index is 0.348. The summed E-state index contributed by atoms with van der Waals surface area (Å²) in [4.78, 5) is 4.20. The van der Waals surface area contributed by atoms with Gasteiger partial charge in [-0.15, -0.1) is 0 Å². The van der Waals surface area contributed by atoms with Crippen molar-refractivity contribution < 1.29 is 9.15 Å². The van der Waals surface area contributed by atoms with Gasteiger partial charge in [-0.2, -0.15) is 4.98 Å². The maximum atomic E-state index is 5.26. The van der Waals surface area contributed by atoms with Gasteiger partial charge >= 0.3 is 6.08 Å². The first-order valence-corrected chi connectivity index (χ1v) is 5.30. The lowest BCUT2D eigenvalue weighted by molar-refractivity contribution is 0.258. The Hall–Kier alpha value is -1.29. The first-order chi connectivity index (χ1) is 7.38. The van der Waals surface area contributed by atoms with Crippen molar-refractivity contribution in [1.29, 1.82) is 0 Å². The van der Waals surface area contributed by atoms with Gasteiger partial charge in [0.05, 0.1) is 5.69 Å². The molecule has 1 saturated carbocycles. The third-order valence-electron chi connectivity index (χ3n) is 2.22. The van der Waals surface area contributed by atoms with Crippen LogP contribution in [0.2, 0.25) is 0 Å². The van der Waals surface area contributed by atoms with Crippen molar-refractivity contribution in [2.75, 3.05) is 6.61 Å². The molecule has 4 nitrogen and oxygen atoms in total. The van der Waals surface area contributed by atoms with E-state index in [0.717, 1.165) is 12.2 Å². The molecule has 1 N–H and O–H groups in total. The molecule has 2 rings (SSSR count). The third-order valence-corrected chi connectivity index (χ3v) is 2.22. The molecule has 1 heterocycles. The summed E-state index contributed by atoms with van der Waals surface area (Å²) in [5.74, 6) is 0. The SMILES string of the molecule is C/C=C/COc1nc(CNC2CC2)co1. The monoisotopic (exact) mass is 208 g/mol. The maximum Gasteiger partial charge on any atom is 0.394 e. The summed E-state index contributed by atoms with van der Waals surface area (Å²) in [7, 11) is 0. The molecule has 1 aromatic heterocycles. The molecule has 15 heavy (non-hydrogen) atoms. The summed E-state index contributed by atoms with van der Waals surface area (Å²) in [5, 5.41) is 3.36. The van der Waals surface area contributed by atoms with Crippen LogP contribution in [-0.4, -0.2) is 17.6 Å². The number of ether oxygens (including phenoxy) is 1. The Bertz CT molecular complexity index is 329. The van der Waals surface area contributed by atoms with E-state index in [1.165, 1.54) is 12.8 Å². The molecular formula is C11H16N2O2. The quantitative estimate of drug-likeness (QED) is 0.725. The molecular weight excluding hydrogens is 192 g/mol. The van der Waals surface area contributed by atoms with E-state index < -0.39 is 0 Å². The highest BCUT2D eigenvalue weighted by Crippen LogP contribution is 2.19. The van der Waals surface area contributed by atoms with E-state index in [-0.39, 0.29) is 0 Å². The van der Waals surface area contributed by atoms with Crippen molar-refractivity contribution in [1.82, 2.24) is 10.3 Å². The normalized spacial score (nSPS) is 16.1. The predicted molar refractivity (Wildman–Crippen MR) is 56.7 cm³/mol. The zero-order valence-electron chi connectivity index (χ0n) is 8.90. The lowest BCUT2D eigenvalue weighted by Gasteiger charge is -1.96. The van der Waals surface area contributed by atoms with Crippen LogP contribution in [0.15, 0.2) is 22.8 Å². The summed E-state index contributed by atoms with van der Waals surface area (Å²) >= 11 is 0. The summed E-state index contributed by atoms with van der Waals surface area (Å²) in [6.45, 7) is 3.22. The second kappa shape index (κ2) is 4.98. The van der Waals surface area contributed by atoms with Gasteiger partial charge in [-0.3, -0.25) is 0 Å². The molecule has 0 amide bonds. The lowest BCUT2D eigenvalue weighted by atomic mass is 10.5. The molecule has 0 bridgehead atoms. The van der Waals surface area contributed by atoms with Crippen molar-refractivity contribution in [3.05, 3.63) is 24.1 Å². The molecule has 1 aliphatic carbocycles. The standard InChI is InChI=1S/C11H16N2O2/c1-2-3-6-14-11-13-10(8-15-11)7-12-9-4-5-9/h2-3,8-9,12H,4-7H2,1H3/b3-2+. The molecule has 82 valence electrons. The van der Waals surface area contributed by atoms with Gasteiger partial charge in [0.15, 0.2) is 0 Å². The molecule has 1 aromatic rings. The highest BCUT2D eigenvalue weighted by molar-refractivity contribution is 5.01. The molecule has 0 radical (unpaired) electrons. The van der Waals surface area contributed by atoms with Crippen LogP contribution in [-0.2, 0) is 6.54 Å². The smallest absolute Gasteiger partial charge is 0.394 e. The Morgan fingerprint density at radius 3 is 3.27 bits per heavy atom. The second-order valence-corrected chi connectivity index (χ2v) is 3.64. The average molecular weight is 208 g/mol. The van der Waals surface area contributed by atoms with E-state index in [1.54, 1.807) is 6.26 Å². The molecule has 1 aliphatic rings. The molecule has 0 atom stereocenters. The zero-order valence-corrected chi connectivity index (χ0v) is 8.90. The van der Waals surface area contributed by atoms with Gasteiger partial charge in [-0.1, -0.05) is 12.2 Å². The van der Waals surface area contributed by atoms with Gasteiger partial charge in [0, 0.05) is 12.6 Å². The van der Waals surface area contributed by atoms with Crippen LogP contribution in [0.1, 0.15) is 25.5 Å². The maximum absolute atomic E-state index is 5.26. The molecule has 0 aromatic carbocycles. The van der Waals surface area contributed by atoms with Crippen LogP contribution in [0, 0.1) is 0 Å². The fourth-order valence-corrected chi connectivity index (χ4v) is 1.19. The van der Waals surface area contributed by atoms with Gasteiger partial charge < -0.3 is 14.5 Å². The first-order valence-electron chi connectivity index (χ1n) is 5.30. The van der Waals surface area contributed by atoms with E-state index in [2.05, 4.69) is 10.3 Å². The van der Waals surface area contributed by atoms with Crippen molar-refractivity contribution in [2.24, 2.45) is 0 Å². The van der Waals surface area contributed by atoms with E-state index in [0.29, 0.717) is 18.7 Å². The number of oxazole rings is 1. The fraction of sp³-hybridized carbons (Fsp3) is 0.545. The Morgan fingerprint density at radius 1 is 1.67 bits per heavy atom. The summed E-state index contributed by atoms with van der Waals surface area (Å²) < 4.78 is 10.4. The van der Waals surface area contributed by atoms with Gasteiger partial charge in [0.2, 0.25) is 0 Å². The largest absolute Gasteiger partial charge is 0.446 e. The minimum Gasteiger partial charge on any atom is -0.446 e. The number of nitrogens with zero attached hydrogens (tertiary/aromatic N) is 1. The molecule has 0 aliphatic heterocycles. The Morgan fingerprint density at radius 2 is 2.53 bits per heavy atom. The van der Waals surface area contributed by atoms with Crippen LogP contribution < -0.4 is 10.1 Å². The van der Waals surface area contributed by atoms with Gasteiger partial charge in [0.25, 0.3) is 0 Å². The lowest BCUT2D eigenvalue weighted by Crippen LogP contribution is -2.15. The molecule has 0 spiro atoms. The van der Waals surface area contributed by atoms with E-state index in [9.17, 15) is 0 Å². The summed E-state index contributed by atoms with van der Waals surface area (Å²) in [6, 6.07) is 0.689. The van der Waals surface area contributed by atoms with Crippen molar-refractivity contribution in [2.45, 2.75) is 32.4 Å². The topological polar surface area (TPSA) is 47.3 Å². The first kappa shape index (κ1) is 10.2. The second-order valence-electron chi connectivity index (χ2n) is 3.64. The van der Waals surface area contributed by atoms with Crippen LogP contribution in [0.25, 0.3) is 0 Å². The van der Waals surface area contributed by atoms with Gasteiger partial charge in [0.1, 0.15) is 12.9 Å². The minimum atomic E-state index is 0.348. The zero-order chi connectivity index (χ0) is 10.5. The van der Waals surface area contributed by atoms with Crippen LogP contribution in [0.5, 0.6) is 6.08 Å². The van der Waals surface area contributed by atoms with Crippen LogP contribution >= 0.6 is 0 Å². The van der Waals surface area contributed by atoms with E-state index in [1.807, 2.05) is 19.1 Å². The number of rotatable bonds is 6. The molecule has 0 unspecified atom stereocenters. The number of nitrogens with one attached hydrogen (secondary N) is 1. The van der Waals surface area contributed by atoms with Crippen LogP contribution in [0.3, 0.4) is 0 Å². The highest BCUT2D eigenvalue weighted by Gasteiger charge is 2.20. The number of hydrogen-bond donors (Lipinski definition) is 1. The van der Waals surface area contributed by atoms with Crippen molar-refractivity contribution in [3.63, 3.8) is 0 Å². The van der Waals surface area contributed by atoms with Gasteiger partial charge in [-0.25, -0.2) is 0 Å². The number of hydrogen-bond acceptors (Lipinski definition) is 4. The van der Waals surface area contributed by atoms with Crippen LogP contribution in [0.4, 0.5) is 0 Å². The number of allylic oxidation sites excluding steroid dienone is 1. The van der Waals surface area contributed by atoms with E-state index >= 15 is 0 Å². The van der Waals surface area contributed by atoms with Crippen molar-refractivity contribution >= 4 is 0 Å². The van der Waals surface area contributed by atoms with Gasteiger partial charge in [-0.05, 0) is 19.8 Å². The van der Waals surface area contributed by atoms with Crippen molar-refractivity contribution in [3.8, 4) is 6.08 Å². The predicted octanol–water partition coefficient (Wildman–Crippen LogP) is 1.88. The third kappa shape index (κ3) is 3.40. The van der Waals surface area contributed by atoms with E-state index in [4.69, 9.17) is 9.15 Å². The fourth-order valence-electron chi connectivity index (χ4n) is 1.19. The number of aromatic nitrogens is 1. The average Bonchev–Trinajstić information content (AvgIpc) is 2.97. The Kier molecular flexibility index (Phi) is 3.40. The summed E-state index contributed by atoms with van der Waals surface area (Å²) in [5.41, 5.74) is 0.900.